The van der Waals surface area contributed by atoms with Crippen LogP contribution in [0.3, 0.4) is 0 Å². The molecule has 18 heavy (non-hydrogen) atoms. The third-order valence-electron chi connectivity index (χ3n) is 2.49. The third kappa shape index (κ3) is 2.68. The summed E-state index contributed by atoms with van der Waals surface area (Å²) in [5.74, 6) is 1.19. The third-order valence-corrected chi connectivity index (χ3v) is 2.49. The van der Waals surface area contributed by atoms with E-state index < -0.39 is 0 Å². The molecule has 5 heteroatoms. The van der Waals surface area contributed by atoms with Gasteiger partial charge >= 0.3 is 0 Å². The van der Waals surface area contributed by atoms with Crippen LogP contribution in [0.15, 0.2) is 45.8 Å². The van der Waals surface area contributed by atoms with Crippen molar-refractivity contribution in [3.8, 4) is 11.3 Å². The van der Waals surface area contributed by atoms with Crippen LogP contribution in [0.25, 0.3) is 11.3 Å². The highest BCUT2D eigenvalue weighted by Crippen LogP contribution is 2.24. The number of furan rings is 1. The van der Waals surface area contributed by atoms with E-state index in [1.807, 2.05) is 0 Å². The van der Waals surface area contributed by atoms with Crippen LogP contribution in [0.5, 0.6) is 0 Å². The average Bonchev–Trinajstić information content (AvgIpc) is 2.85. The molecule has 1 aromatic heterocycles. The summed E-state index contributed by atoms with van der Waals surface area (Å²) in [6.45, 7) is 0.414. The summed E-state index contributed by atoms with van der Waals surface area (Å²) in [7, 11) is 1.59. The van der Waals surface area contributed by atoms with Crippen molar-refractivity contribution in [3.63, 3.8) is 0 Å². The molecule has 0 unspecified atom stereocenters. The zero-order chi connectivity index (χ0) is 13.0. The molecule has 0 aliphatic rings. The van der Waals surface area contributed by atoms with Gasteiger partial charge in [0.2, 0.25) is 0 Å². The summed E-state index contributed by atoms with van der Waals surface area (Å²) in [6, 6.07) is 9.99. The Bertz CT molecular complexity index is 563. The Kier molecular flexibility index (Phi) is 3.62. The summed E-state index contributed by atoms with van der Waals surface area (Å²) >= 11 is 0. The van der Waals surface area contributed by atoms with Gasteiger partial charge in [-0.15, -0.1) is 0 Å². The summed E-state index contributed by atoms with van der Waals surface area (Å²) in [5, 5.41) is 2.87. The fraction of sp³-hybridized carbons (Fsp3) is 0.154. The average molecular weight is 247 g/mol. The number of nitrogens with one attached hydrogen (secondary N) is 1. The number of nitrogens with two attached hydrogens (primary N) is 1. The maximum Gasteiger partial charge on any atom is 0.188 e. The first-order chi connectivity index (χ1) is 8.70. The number of halogens is 1. The normalized spacial score (nSPS) is 11.6. The van der Waals surface area contributed by atoms with E-state index in [0.29, 0.717) is 29.6 Å². The second-order valence-electron chi connectivity index (χ2n) is 3.71. The first kappa shape index (κ1) is 12.2. The van der Waals surface area contributed by atoms with Crippen molar-refractivity contribution in [1.29, 1.82) is 0 Å². The number of benzene rings is 1. The molecule has 0 amide bonds. The lowest BCUT2D eigenvalue weighted by molar-refractivity contribution is 0.510. The molecule has 2 aromatic rings. The largest absolute Gasteiger partial charge is 0.459 e. The number of hydrogen-bond acceptors (Lipinski definition) is 2. The summed E-state index contributed by atoms with van der Waals surface area (Å²) < 4.78 is 19.1. The first-order valence-electron chi connectivity index (χ1n) is 5.50. The van der Waals surface area contributed by atoms with E-state index in [4.69, 9.17) is 10.2 Å². The molecule has 0 saturated heterocycles. The fourth-order valence-corrected chi connectivity index (χ4v) is 1.54. The highest BCUT2D eigenvalue weighted by Gasteiger charge is 2.08. The van der Waals surface area contributed by atoms with Crippen molar-refractivity contribution < 1.29 is 8.81 Å². The molecule has 2 rings (SSSR count). The number of guanidine groups is 1. The predicted octanol–water partition coefficient (Wildman–Crippen LogP) is 2.12. The Morgan fingerprint density at radius 3 is 2.83 bits per heavy atom. The van der Waals surface area contributed by atoms with E-state index in [0.717, 1.165) is 0 Å². The maximum absolute atomic E-state index is 13.5. The lowest BCUT2D eigenvalue weighted by Gasteiger charge is -2.02. The van der Waals surface area contributed by atoms with E-state index in [1.165, 1.54) is 6.07 Å². The Morgan fingerprint density at radius 2 is 2.11 bits per heavy atom. The quantitative estimate of drug-likeness (QED) is 0.645. The molecule has 3 N–H and O–H groups in total. The second-order valence-corrected chi connectivity index (χ2v) is 3.71. The summed E-state index contributed by atoms with van der Waals surface area (Å²) in [5.41, 5.74) is 5.95. The summed E-state index contributed by atoms with van der Waals surface area (Å²) in [6.07, 6.45) is 0. The number of rotatable bonds is 3. The molecule has 1 aromatic carbocycles. The number of nitrogens with zero attached hydrogens (tertiary/aromatic N) is 1. The van der Waals surface area contributed by atoms with E-state index in [1.54, 1.807) is 37.4 Å². The van der Waals surface area contributed by atoms with Gasteiger partial charge in [0, 0.05) is 7.05 Å². The Labute approximate surface area is 104 Å². The SMILES string of the molecule is CN=C(N)NCc1ccc(-c2ccccc2F)o1. The maximum atomic E-state index is 13.5. The molecule has 0 spiro atoms. The topological polar surface area (TPSA) is 63.5 Å². The smallest absolute Gasteiger partial charge is 0.188 e. The molecule has 0 radical (unpaired) electrons. The Hall–Kier alpha value is -2.30. The zero-order valence-corrected chi connectivity index (χ0v) is 9.98. The van der Waals surface area contributed by atoms with E-state index >= 15 is 0 Å². The lowest BCUT2D eigenvalue weighted by Crippen LogP contribution is -2.30. The van der Waals surface area contributed by atoms with E-state index in [9.17, 15) is 4.39 Å². The number of hydrogen-bond donors (Lipinski definition) is 2. The van der Waals surface area contributed by atoms with Gasteiger partial charge in [0.1, 0.15) is 17.3 Å². The second kappa shape index (κ2) is 5.35. The minimum Gasteiger partial charge on any atom is -0.459 e. The molecule has 4 nitrogen and oxygen atoms in total. The van der Waals surface area contributed by atoms with Gasteiger partial charge in [-0.2, -0.15) is 0 Å². The van der Waals surface area contributed by atoms with Crippen LogP contribution in [0.2, 0.25) is 0 Å². The molecule has 1 heterocycles. The van der Waals surface area contributed by atoms with Gasteiger partial charge in [-0.25, -0.2) is 4.39 Å². The highest BCUT2D eigenvalue weighted by molar-refractivity contribution is 5.77. The van der Waals surface area contributed by atoms with Crippen LogP contribution in [0.4, 0.5) is 4.39 Å². The van der Waals surface area contributed by atoms with Crippen molar-refractivity contribution in [1.82, 2.24) is 5.32 Å². The molecular weight excluding hydrogens is 233 g/mol. The summed E-state index contributed by atoms with van der Waals surface area (Å²) in [4.78, 5) is 3.76. The van der Waals surface area contributed by atoms with Crippen molar-refractivity contribution in [2.45, 2.75) is 6.54 Å². The van der Waals surface area contributed by atoms with Gasteiger partial charge in [-0.1, -0.05) is 12.1 Å². The molecule has 0 aliphatic carbocycles. The fourth-order valence-electron chi connectivity index (χ4n) is 1.54. The van der Waals surface area contributed by atoms with E-state index in [-0.39, 0.29) is 5.82 Å². The molecule has 0 atom stereocenters. The monoisotopic (exact) mass is 247 g/mol. The zero-order valence-electron chi connectivity index (χ0n) is 9.98. The minimum atomic E-state index is -0.305. The van der Waals surface area contributed by atoms with Crippen molar-refractivity contribution in [2.75, 3.05) is 7.05 Å². The molecule has 94 valence electrons. The van der Waals surface area contributed by atoms with Crippen LogP contribution in [-0.4, -0.2) is 13.0 Å². The van der Waals surface area contributed by atoms with Gasteiger partial charge in [-0.3, -0.25) is 4.99 Å². The first-order valence-corrected chi connectivity index (χ1v) is 5.50. The van der Waals surface area contributed by atoms with Gasteiger partial charge in [0.25, 0.3) is 0 Å². The minimum absolute atomic E-state index is 0.305. The standard InChI is InChI=1S/C13H14FN3O/c1-16-13(15)17-8-9-6-7-12(18-9)10-4-2-3-5-11(10)14/h2-7H,8H2,1H3,(H3,15,16,17). The lowest BCUT2D eigenvalue weighted by atomic mass is 10.1. The van der Waals surface area contributed by atoms with Crippen LogP contribution in [0, 0.1) is 5.82 Å². The van der Waals surface area contributed by atoms with Crippen molar-refractivity contribution in [3.05, 3.63) is 48.0 Å². The van der Waals surface area contributed by atoms with Crippen LogP contribution in [0.1, 0.15) is 5.76 Å². The molecular formula is C13H14FN3O. The van der Waals surface area contributed by atoms with Crippen LogP contribution < -0.4 is 11.1 Å². The van der Waals surface area contributed by atoms with Gasteiger partial charge < -0.3 is 15.5 Å². The Morgan fingerprint density at radius 1 is 1.33 bits per heavy atom. The molecule has 0 bridgehead atoms. The van der Waals surface area contributed by atoms with Crippen molar-refractivity contribution in [2.24, 2.45) is 10.7 Å². The van der Waals surface area contributed by atoms with Gasteiger partial charge in [0.15, 0.2) is 5.96 Å². The van der Waals surface area contributed by atoms with Crippen LogP contribution >= 0.6 is 0 Å². The molecule has 0 aliphatic heterocycles. The van der Waals surface area contributed by atoms with E-state index in [2.05, 4.69) is 10.3 Å². The highest BCUT2D eigenvalue weighted by atomic mass is 19.1. The molecule has 0 saturated carbocycles. The van der Waals surface area contributed by atoms with Crippen LogP contribution in [-0.2, 0) is 6.54 Å². The predicted molar refractivity (Wildman–Crippen MR) is 68.5 cm³/mol. The number of aliphatic imine (C=N–C) groups is 1. The van der Waals surface area contributed by atoms with Crippen molar-refractivity contribution >= 4 is 5.96 Å². The van der Waals surface area contributed by atoms with Gasteiger partial charge in [-0.05, 0) is 24.3 Å². The molecule has 0 fully saturated rings. The van der Waals surface area contributed by atoms with Gasteiger partial charge in [0.05, 0.1) is 12.1 Å². The Balaban J connectivity index is 2.14.